The topological polar surface area (TPSA) is 41.6 Å². The fourth-order valence-electron chi connectivity index (χ4n) is 2.53. The average Bonchev–Trinajstić information content (AvgIpc) is 2.57. The summed E-state index contributed by atoms with van der Waals surface area (Å²) >= 11 is 0. The highest BCUT2D eigenvalue weighted by Gasteiger charge is 2.30. The molecule has 0 spiro atoms. The molecule has 2 N–H and O–H groups in total. The summed E-state index contributed by atoms with van der Waals surface area (Å²) in [7, 11) is 0. The maximum Gasteiger partial charge on any atom is 0.196 e. The molecule has 1 aromatic rings. The number of rotatable bonds is 2. The van der Waals surface area contributed by atoms with Gasteiger partial charge < -0.3 is 10.6 Å². The number of nitrogens with two attached hydrogens (primary N) is 1. The Morgan fingerprint density at radius 1 is 1.39 bits per heavy atom. The average molecular weight is 245 g/mol. The van der Waals surface area contributed by atoms with Crippen LogP contribution in [0.25, 0.3) is 0 Å². The number of aryl methyl sites for hydroxylation is 1. The lowest BCUT2D eigenvalue weighted by atomic mass is 9.87. The molecular formula is C15H23N3. The normalized spacial score (nSPS) is 20.1. The van der Waals surface area contributed by atoms with E-state index in [1.165, 1.54) is 5.56 Å². The van der Waals surface area contributed by atoms with Crippen LogP contribution in [-0.2, 0) is 0 Å². The van der Waals surface area contributed by atoms with Gasteiger partial charge in [0.05, 0.1) is 12.6 Å². The Morgan fingerprint density at radius 2 is 2.11 bits per heavy atom. The van der Waals surface area contributed by atoms with E-state index in [-0.39, 0.29) is 5.41 Å². The third-order valence-electron chi connectivity index (χ3n) is 3.20. The Kier molecular flexibility index (Phi) is 3.33. The van der Waals surface area contributed by atoms with Gasteiger partial charge in [0.15, 0.2) is 5.96 Å². The van der Waals surface area contributed by atoms with Gasteiger partial charge in [-0.2, -0.15) is 0 Å². The largest absolute Gasteiger partial charge is 0.370 e. The standard InChI is InChI=1S/C15H23N3/c1-11-6-5-7-12(8-11)18-13(9-15(2,3)4)10-17-14(18)16/h5-8,13H,9-10H2,1-4H3,(H2,16,17). The zero-order valence-corrected chi connectivity index (χ0v) is 11.8. The molecular weight excluding hydrogens is 222 g/mol. The van der Waals surface area contributed by atoms with Crippen molar-refractivity contribution < 1.29 is 0 Å². The van der Waals surface area contributed by atoms with Crippen LogP contribution < -0.4 is 10.6 Å². The first-order valence-corrected chi connectivity index (χ1v) is 6.53. The molecule has 0 aliphatic carbocycles. The lowest BCUT2D eigenvalue weighted by Crippen LogP contribution is -2.42. The first kappa shape index (κ1) is 12.9. The van der Waals surface area contributed by atoms with Crippen LogP contribution >= 0.6 is 0 Å². The highest BCUT2D eigenvalue weighted by atomic mass is 15.3. The zero-order valence-electron chi connectivity index (χ0n) is 11.8. The fourth-order valence-corrected chi connectivity index (χ4v) is 2.53. The van der Waals surface area contributed by atoms with Gasteiger partial charge in [-0.15, -0.1) is 0 Å². The summed E-state index contributed by atoms with van der Waals surface area (Å²) in [6.07, 6.45) is 1.09. The van der Waals surface area contributed by atoms with E-state index in [0.717, 1.165) is 18.7 Å². The summed E-state index contributed by atoms with van der Waals surface area (Å²) in [6, 6.07) is 8.84. The van der Waals surface area contributed by atoms with Crippen LogP contribution in [-0.4, -0.2) is 18.5 Å². The van der Waals surface area contributed by atoms with Crippen molar-refractivity contribution in [3.8, 4) is 0 Å². The van der Waals surface area contributed by atoms with E-state index >= 15 is 0 Å². The molecule has 1 atom stereocenters. The van der Waals surface area contributed by atoms with Crippen LogP contribution in [0.4, 0.5) is 5.69 Å². The molecule has 0 amide bonds. The lowest BCUT2D eigenvalue weighted by Gasteiger charge is -2.31. The van der Waals surface area contributed by atoms with Crippen LogP contribution in [0, 0.1) is 12.3 Å². The maximum absolute atomic E-state index is 6.05. The third-order valence-corrected chi connectivity index (χ3v) is 3.20. The maximum atomic E-state index is 6.05. The predicted octanol–water partition coefficient (Wildman–Crippen LogP) is 2.93. The van der Waals surface area contributed by atoms with E-state index in [1.807, 2.05) is 0 Å². The van der Waals surface area contributed by atoms with Crippen molar-refractivity contribution >= 4 is 11.6 Å². The fraction of sp³-hybridized carbons (Fsp3) is 0.533. The van der Waals surface area contributed by atoms with Crippen molar-refractivity contribution in [3.05, 3.63) is 29.8 Å². The Hall–Kier alpha value is -1.51. The Bertz CT molecular complexity index is 457. The molecule has 3 nitrogen and oxygen atoms in total. The molecule has 1 unspecified atom stereocenters. The van der Waals surface area contributed by atoms with Crippen molar-refractivity contribution in [2.24, 2.45) is 16.1 Å². The number of aliphatic imine (C=N–C) groups is 1. The van der Waals surface area contributed by atoms with Gasteiger partial charge in [0.25, 0.3) is 0 Å². The minimum Gasteiger partial charge on any atom is -0.370 e. The molecule has 2 rings (SSSR count). The van der Waals surface area contributed by atoms with E-state index < -0.39 is 0 Å². The summed E-state index contributed by atoms with van der Waals surface area (Å²) in [5.41, 5.74) is 8.74. The Balaban J connectivity index is 2.25. The van der Waals surface area contributed by atoms with Gasteiger partial charge in [0.2, 0.25) is 0 Å². The highest BCUT2D eigenvalue weighted by Crippen LogP contribution is 2.29. The van der Waals surface area contributed by atoms with Crippen LogP contribution in [0.1, 0.15) is 32.8 Å². The second kappa shape index (κ2) is 4.63. The van der Waals surface area contributed by atoms with Gasteiger partial charge in [0.1, 0.15) is 0 Å². The van der Waals surface area contributed by atoms with E-state index in [2.05, 4.69) is 61.9 Å². The number of hydrogen-bond acceptors (Lipinski definition) is 3. The van der Waals surface area contributed by atoms with Crippen molar-refractivity contribution in [1.29, 1.82) is 0 Å². The molecule has 0 fully saturated rings. The predicted molar refractivity (Wildman–Crippen MR) is 78.0 cm³/mol. The molecule has 98 valence electrons. The van der Waals surface area contributed by atoms with E-state index in [9.17, 15) is 0 Å². The zero-order chi connectivity index (χ0) is 13.3. The summed E-state index contributed by atoms with van der Waals surface area (Å²) in [5.74, 6) is 0.648. The van der Waals surface area contributed by atoms with Gasteiger partial charge in [0, 0.05) is 5.69 Å². The Morgan fingerprint density at radius 3 is 2.72 bits per heavy atom. The Labute approximate surface area is 110 Å². The second-order valence-electron chi connectivity index (χ2n) is 6.33. The number of nitrogens with zero attached hydrogens (tertiary/aromatic N) is 2. The number of guanidine groups is 1. The number of benzene rings is 1. The van der Waals surface area contributed by atoms with Gasteiger partial charge in [-0.3, -0.25) is 4.99 Å². The smallest absolute Gasteiger partial charge is 0.196 e. The third kappa shape index (κ3) is 2.84. The van der Waals surface area contributed by atoms with Crippen LogP contribution in [0.2, 0.25) is 0 Å². The van der Waals surface area contributed by atoms with Gasteiger partial charge in [-0.25, -0.2) is 0 Å². The molecule has 1 aliphatic rings. The van der Waals surface area contributed by atoms with Crippen molar-refractivity contribution in [2.45, 2.75) is 40.2 Å². The molecule has 3 heteroatoms. The molecule has 0 aromatic heterocycles. The summed E-state index contributed by atoms with van der Waals surface area (Å²) in [6.45, 7) is 9.69. The van der Waals surface area contributed by atoms with E-state index in [0.29, 0.717) is 12.0 Å². The molecule has 0 radical (unpaired) electrons. The monoisotopic (exact) mass is 245 g/mol. The molecule has 0 saturated carbocycles. The molecule has 1 aromatic carbocycles. The van der Waals surface area contributed by atoms with Crippen LogP contribution in [0.3, 0.4) is 0 Å². The van der Waals surface area contributed by atoms with Gasteiger partial charge >= 0.3 is 0 Å². The number of hydrogen-bond donors (Lipinski definition) is 1. The van der Waals surface area contributed by atoms with E-state index in [1.54, 1.807) is 0 Å². The minimum absolute atomic E-state index is 0.285. The summed E-state index contributed by atoms with van der Waals surface area (Å²) in [5, 5.41) is 0. The van der Waals surface area contributed by atoms with Crippen molar-refractivity contribution in [3.63, 3.8) is 0 Å². The van der Waals surface area contributed by atoms with Crippen LogP contribution in [0.5, 0.6) is 0 Å². The molecule has 0 bridgehead atoms. The quantitative estimate of drug-likeness (QED) is 0.870. The van der Waals surface area contributed by atoms with Crippen molar-refractivity contribution in [2.75, 3.05) is 11.4 Å². The first-order chi connectivity index (χ1) is 8.37. The molecule has 0 saturated heterocycles. The molecule has 1 aliphatic heterocycles. The second-order valence-corrected chi connectivity index (χ2v) is 6.33. The highest BCUT2D eigenvalue weighted by molar-refractivity contribution is 5.97. The SMILES string of the molecule is Cc1cccc(N2C(N)=NCC2CC(C)(C)C)c1. The summed E-state index contributed by atoms with van der Waals surface area (Å²) in [4.78, 5) is 6.59. The van der Waals surface area contributed by atoms with Crippen molar-refractivity contribution in [1.82, 2.24) is 0 Å². The number of anilines is 1. The lowest BCUT2D eigenvalue weighted by molar-refractivity contribution is 0.347. The molecule has 18 heavy (non-hydrogen) atoms. The van der Waals surface area contributed by atoms with Gasteiger partial charge in [-0.1, -0.05) is 32.9 Å². The molecule has 1 heterocycles. The van der Waals surface area contributed by atoms with E-state index in [4.69, 9.17) is 5.73 Å². The first-order valence-electron chi connectivity index (χ1n) is 6.53. The minimum atomic E-state index is 0.285. The van der Waals surface area contributed by atoms with Crippen LogP contribution in [0.15, 0.2) is 29.3 Å². The van der Waals surface area contributed by atoms with Gasteiger partial charge in [-0.05, 0) is 36.5 Å². The summed E-state index contributed by atoms with van der Waals surface area (Å²) < 4.78 is 0.